The highest BCUT2D eigenvalue weighted by atomic mass is 16.5. The number of likely N-dealkylation sites (N-methyl/N-ethyl adjacent to an activating group) is 1. The van der Waals surface area contributed by atoms with Crippen LogP contribution in [-0.4, -0.2) is 30.7 Å². The summed E-state index contributed by atoms with van der Waals surface area (Å²) in [6.45, 7) is 6.23. The van der Waals surface area contributed by atoms with Crippen molar-refractivity contribution in [2.24, 2.45) is 0 Å². The molecule has 0 saturated carbocycles. The third-order valence-electron chi connectivity index (χ3n) is 2.92. The highest BCUT2D eigenvalue weighted by Crippen LogP contribution is 2.19. The van der Waals surface area contributed by atoms with Crippen LogP contribution in [0, 0.1) is 6.92 Å². The van der Waals surface area contributed by atoms with Gasteiger partial charge in [0.2, 0.25) is 5.76 Å². The first-order valence-electron chi connectivity index (χ1n) is 6.73. The van der Waals surface area contributed by atoms with Gasteiger partial charge >= 0.3 is 0 Å². The van der Waals surface area contributed by atoms with E-state index in [0.717, 1.165) is 18.7 Å². The van der Waals surface area contributed by atoms with E-state index in [4.69, 9.17) is 4.52 Å². The third-order valence-corrected chi connectivity index (χ3v) is 2.92. The number of amides is 1. The van der Waals surface area contributed by atoms with Crippen molar-refractivity contribution in [1.29, 1.82) is 0 Å². The molecule has 1 heterocycles. The lowest BCUT2D eigenvalue weighted by Gasteiger charge is -2.02. The second-order valence-electron chi connectivity index (χ2n) is 4.55. The van der Waals surface area contributed by atoms with E-state index in [0.29, 0.717) is 12.2 Å². The molecular formula is C15H19N3O2. The average molecular weight is 273 g/mol. The Morgan fingerprint density at radius 2 is 2.00 bits per heavy atom. The van der Waals surface area contributed by atoms with Gasteiger partial charge in [-0.05, 0) is 13.5 Å². The first-order valence-corrected chi connectivity index (χ1v) is 6.73. The highest BCUT2D eigenvalue weighted by Gasteiger charge is 2.13. The molecule has 106 valence electrons. The summed E-state index contributed by atoms with van der Waals surface area (Å²) in [5, 5.41) is 9.83. The molecule has 5 nitrogen and oxygen atoms in total. The quantitative estimate of drug-likeness (QED) is 0.790. The molecule has 1 aromatic carbocycles. The maximum Gasteiger partial charge on any atom is 0.289 e. The molecule has 0 unspecified atom stereocenters. The summed E-state index contributed by atoms with van der Waals surface area (Å²) in [5.41, 5.74) is 2.78. The number of nitrogens with zero attached hydrogens (tertiary/aromatic N) is 1. The van der Waals surface area contributed by atoms with Gasteiger partial charge in [0.05, 0.1) is 0 Å². The van der Waals surface area contributed by atoms with Crippen LogP contribution in [0.3, 0.4) is 0 Å². The van der Waals surface area contributed by atoms with Gasteiger partial charge in [-0.25, -0.2) is 0 Å². The van der Waals surface area contributed by atoms with Crippen molar-refractivity contribution in [2.75, 3.05) is 19.6 Å². The number of hydrogen-bond donors (Lipinski definition) is 2. The molecule has 1 amide bonds. The number of hydrogen-bond acceptors (Lipinski definition) is 4. The number of nitrogens with one attached hydrogen (secondary N) is 2. The van der Waals surface area contributed by atoms with Crippen molar-refractivity contribution in [3.8, 4) is 11.3 Å². The minimum Gasteiger partial charge on any atom is -0.350 e. The SMILES string of the molecule is CCNCCNC(=O)c1cc(-c2ccc(C)cc2)no1. The van der Waals surface area contributed by atoms with Crippen LogP contribution in [0.5, 0.6) is 0 Å². The van der Waals surface area contributed by atoms with Crippen LogP contribution in [0.15, 0.2) is 34.9 Å². The lowest BCUT2D eigenvalue weighted by atomic mass is 10.1. The Morgan fingerprint density at radius 1 is 1.25 bits per heavy atom. The Kier molecular flexibility index (Phi) is 4.90. The molecule has 0 saturated heterocycles. The zero-order chi connectivity index (χ0) is 14.4. The molecule has 2 aromatic rings. The van der Waals surface area contributed by atoms with E-state index < -0.39 is 0 Å². The van der Waals surface area contributed by atoms with Crippen molar-refractivity contribution in [2.45, 2.75) is 13.8 Å². The van der Waals surface area contributed by atoms with Crippen LogP contribution in [-0.2, 0) is 0 Å². The van der Waals surface area contributed by atoms with E-state index >= 15 is 0 Å². The number of carbonyl (C=O) groups excluding carboxylic acids is 1. The number of benzene rings is 1. The number of carbonyl (C=O) groups is 1. The predicted molar refractivity (Wildman–Crippen MR) is 77.6 cm³/mol. The third kappa shape index (κ3) is 3.68. The van der Waals surface area contributed by atoms with Gasteiger partial charge in [0.15, 0.2) is 0 Å². The monoisotopic (exact) mass is 273 g/mol. The van der Waals surface area contributed by atoms with E-state index in [-0.39, 0.29) is 11.7 Å². The molecule has 0 aliphatic carbocycles. The molecule has 1 aromatic heterocycles. The summed E-state index contributed by atoms with van der Waals surface area (Å²) in [4.78, 5) is 11.8. The second-order valence-corrected chi connectivity index (χ2v) is 4.55. The van der Waals surface area contributed by atoms with Crippen LogP contribution in [0.4, 0.5) is 0 Å². The highest BCUT2D eigenvalue weighted by molar-refractivity contribution is 5.92. The smallest absolute Gasteiger partial charge is 0.289 e. The van der Waals surface area contributed by atoms with Gasteiger partial charge < -0.3 is 15.2 Å². The fraction of sp³-hybridized carbons (Fsp3) is 0.333. The van der Waals surface area contributed by atoms with Gasteiger partial charge in [-0.2, -0.15) is 0 Å². The van der Waals surface area contributed by atoms with Crippen LogP contribution < -0.4 is 10.6 Å². The number of aryl methyl sites for hydroxylation is 1. The van der Waals surface area contributed by atoms with E-state index in [1.54, 1.807) is 6.07 Å². The Bertz CT molecular complexity index is 561. The van der Waals surface area contributed by atoms with Gasteiger partial charge in [-0.3, -0.25) is 4.79 Å². The normalized spacial score (nSPS) is 10.5. The van der Waals surface area contributed by atoms with Crippen molar-refractivity contribution < 1.29 is 9.32 Å². The largest absolute Gasteiger partial charge is 0.350 e. The summed E-state index contributed by atoms with van der Waals surface area (Å²) in [6.07, 6.45) is 0. The van der Waals surface area contributed by atoms with E-state index in [1.165, 1.54) is 5.56 Å². The Morgan fingerprint density at radius 3 is 2.70 bits per heavy atom. The Hall–Kier alpha value is -2.14. The minimum atomic E-state index is -0.242. The molecule has 0 atom stereocenters. The zero-order valence-electron chi connectivity index (χ0n) is 11.8. The Balaban J connectivity index is 1.98. The zero-order valence-corrected chi connectivity index (χ0v) is 11.8. The lowest BCUT2D eigenvalue weighted by molar-refractivity contribution is 0.0917. The van der Waals surface area contributed by atoms with Crippen LogP contribution in [0.1, 0.15) is 23.0 Å². The minimum absolute atomic E-state index is 0.233. The molecule has 20 heavy (non-hydrogen) atoms. The number of aromatic nitrogens is 1. The van der Waals surface area contributed by atoms with E-state index in [1.807, 2.05) is 38.1 Å². The van der Waals surface area contributed by atoms with Crippen LogP contribution in [0.2, 0.25) is 0 Å². The topological polar surface area (TPSA) is 67.2 Å². The van der Waals surface area contributed by atoms with Crippen molar-refractivity contribution in [1.82, 2.24) is 15.8 Å². The van der Waals surface area contributed by atoms with E-state index in [9.17, 15) is 4.79 Å². The summed E-state index contributed by atoms with van der Waals surface area (Å²) in [6, 6.07) is 9.58. The maximum absolute atomic E-state index is 11.8. The molecule has 0 fully saturated rings. The summed E-state index contributed by atoms with van der Waals surface area (Å²) < 4.78 is 5.09. The molecule has 0 spiro atoms. The molecule has 5 heteroatoms. The predicted octanol–water partition coefficient (Wildman–Crippen LogP) is 1.99. The van der Waals surface area contributed by atoms with Gasteiger partial charge in [-0.15, -0.1) is 0 Å². The molecule has 0 radical (unpaired) electrons. The lowest BCUT2D eigenvalue weighted by Crippen LogP contribution is -2.31. The summed E-state index contributed by atoms with van der Waals surface area (Å²) >= 11 is 0. The molecule has 0 aliphatic rings. The Labute approximate surface area is 118 Å². The summed E-state index contributed by atoms with van der Waals surface area (Å²) in [5.74, 6) is -0.00848. The maximum atomic E-state index is 11.8. The average Bonchev–Trinajstić information content (AvgIpc) is 2.94. The van der Waals surface area contributed by atoms with Crippen molar-refractivity contribution >= 4 is 5.91 Å². The standard InChI is InChI=1S/C15H19N3O2/c1-3-16-8-9-17-15(19)14-10-13(18-20-14)12-6-4-11(2)5-7-12/h4-7,10,16H,3,8-9H2,1-2H3,(H,17,19). The molecule has 2 rings (SSSR count). The summed E-state index contributed by atoms with van der Waals surface area (Å²) in [7, 11) is 0. The first kappa shape index (κ1) is 14.3. The molecule has 0 bridgehead atoms. The van der Waals surface area contributed by atoms with Gasteiger partial charge in [-0.1, -0.05) is 41.9 Å². The second kappa shape index (κ2) is 6.86. The first-order chi connectivity index (χ1) is 9.70. The fourth-order valence-corrected chi connectivity index (χ4v) is 1.77. The van der Waals surface area contributed by atoms with Crippen molar-refractivity contribution in [3.63, 3.8) is 0 Å². The molecular weight excluding hydrogens is 254 g/mol. The van der Waals surface area contributed by atoms with Crippen molar-refractivity contribution in [3.05, 3.63) is 41.7 Å². The molecule has 0 aliphatic heterocycles. The van der Waals surface area contributed by atoms with Gasteiger partial charge in [0.1, 0.15) is 5.69 Å². The van der Waals surface area contributed by atoms with Gasteiger partial charge in [0.25, 0.3) is 5.91 Å². The molecule has 2 N–H and O–H groups in total. The number of rotatable bonds is 6. The fourth-order valence-electron chi connectivity index (χ4n) is 1.77. The van der Waals surface area contributed by atoms with E-state index in [2.05, 4.69) is 15.8 Å². The van der Waals surface area contributed by atoms with Crippen LogP contribution in [0.25, 0.3) is 11.3 Å². The van der Waals surface area contributed by atoms with Crippen LogP contribution >= 0.6 is 0 Å². The van der Waals surface area contributed by atoms with Gasteiger partial charge in [0, 0.05) is 24.7 Å².